The van der Waals surface area contributed by atoms with Crippen LogP contribution < -0.4 is 10.1 Å². The highest BCUT2D eigenvalue weighted by Gasteiger charge is 2.23. The molecule has 0 saturated carbocycles. The van der Waals surface area contributed by atoms with Crippen LogP contribution in [0.15, 0.2) is 18.2 Å². The Hall–Kier alpha value is -1.13. The summed E-state index contributed by atoms with van der Waals surface area (Å²) in [6, 6.07) is 4.81. The SMILES string of the molecule is COc1ccc(F)cc1C1COCC(C)N1. The van der Waals surface area contributed by atoms with Crippen LogP contribution >= 0.6 is 0 Å². The molecule has 1 heterocycles. The van der Waals surface area contributed by atoms with E-state index in [4.69, 9.17) is 9.47 Å². The lowest BCUT2D eigenvalue weighted by atomic mass is 10.0. The fourth-order valence-corrected chi connectivity index (χ4v) is 1.96. The molecule has 1 fully saturated rings. The highest BCUT2D eigenvalue weighted by atomic mass is 19.1. The van der Waals surface area contributed by atoms with Gasteiger partial charge in [0.2, 0.25) is 0 Å². The molecule has 1 aliphatic heterocycles. The number of nitrogens with one attached hydrogen (secondary N) is 1. The first-order chi connectivity index (χ1) is 7.70. The van der Waals surface area contributed by atoms with Gasteiger partial charge in [-0.3, -0.25) is 0 Å². The zero-order valence-corrected chi connectivity index (χ0v) is 9.50. The highest BCUT2D eigenvalue weighted by molar-refractivity contribution is 5.36. The Kier molecular flexibility index (Phi) is 3.41. The number of morpholine rings is 1. The van der Waals surface area contributed by atoms with Crippen LogP contribution in [0.1, 0.15) is 18.5 Å². The Morgan fingerprint density at radius 2 is 2.25 bits per heavy atom. The first-order valence-electron chi connectivity index (χ1n) is 5.38. The van der Waals surface area contributed by atoms with E-state index in [0.29, 0.717) is 19.0 Å². The van der Waals surface area contributed by atoms with Crippen LogP contribution in [0.4, 0.5) is 4.39 Å². The van der Waals surface area contributed by atoms with E-state index in [1.165, 1.54) is 12.1 Å². The van der Waals surface area contributed by atoms with E-state index in [2.05, 4.69) is 5.32 Å². The second-order valence-corrected chi connectivity index (χ2v) is 4.04. The molecule has 0 aromatic heterocycles. The van der Waals surface area contributed by atoms with Crippen LogP contribution in [-0.2, 0) is 4.74 Å². The molecule has 2 rings (SSSR count). The van der Waals surface area contributed by atoms with Gasteiger partial charge in [-0.2, -0.15) is 0 Å². The van der Waals surface area contributed by atoms with Gasteiger partial charge in [0.05, 0.1) is 26.4 Å². The van der Waals surface area contributed by atoms with Crippen LogP contribution in [0.2, 0.25) is 0 Å². The lowest BCUT2D eigenvalue weighted by Crippen LogP contribution is -2.41. The molecule has 0 spiro atoms. The highest BCUT2D eigenvalue weighted by Crippen LogP contribution is 2.28. The van der Waals surface area contributed by atoms with E-state index in [-0.39, 0.29) is 17.9 Å². The van der Waals surface area contributed by atoms with E-state index in [0.717, 1.165) is 5.56 Å². The van der Waals surface area contributed by atoms with Gasteiger partial charge >= 0.3 is 0 Å². The van der Waals surface area contributed by atoms with E-state index < -0.39 is 0 Å². The van der Waals surface area contributed by atoms with Gasteiger partial charge in [-0.05, 0) is 25.1 Å². The second-order valence-electron chi connectivity index (χ2n) is 4.04. The van der Waals surface area contributed by atoms with Crippen LogP contribution in [-0.4, -0.2) is 26.4 Å². The van der Waals surface area contributed by atoms with E-state index >= 15 is 0 Å². The summed E-state index contributed by atoms with van der Waals surface area (Å²) < 4.78 is 23.9. The Labute approximate surface area is 94.6 Å². The molecule has 0 bridgehead atoms. The molecule has 0 radical (unpaired) electrons. The van der Waals surface area contributed by atoms with Gasteiger partial charge in [-0.1, -0.05) is 0 Å². The number of rotatable bonds is 2. The maximum atomic E-state index is 13.2. The van der Waals surface area contributed by atoms with Gasteiger partial charge < -0.3 is 14.8 Å². The third kappa shape index (κ3) is 2.33. The normalized spacial score (nSPS) is 25.4. The number of hydrogen-bond acceptors (Lipinski definition) is 3. The summed E-state index contributed by atoms with van der Waals surface area (Å²) in [7, 11) is 1.59. The first kappa shape index (κ1) is 11.4. The summed E-state index contributed by atoms with van der Waals surface area (Å²) in [5, 5.41) is 3.36. The number of benzene rings is 1. The molecule has 16 heavy (non-hydrogen) atoms. The molecule has 4 heteroatoms. The standard InChI is InChI=1S/C12H16FNO2/c1-8-6-16-7-11(14-8)10-5-9(13)3-4-12(10)15-2/h3-5,8,11,14H,6-7H2,1-2H3. The minimum Gasteiger partial charge on any atom is -0.496 e. The Morgan fingerprint density at radius 3 is 2.94 bits per heavy atom. The van der Waals surface area contributed by atoms with Crippen LogP contribution in [0, 0.1) is 5.82 Å². The van der Waals surface area contributed by atoms with Crippen molar-refractivity contribution in [1.29, 1.82) is 0 Å². The summed E-state index contributed by atoms with van der Waals surface area (Å²) in [6.45, 7) is 3.27. The lowest BCUT2D eigenvalue weighted by molar-refractivity contribution is 0.0496. The van der Waals surface area contributed by atoms with E-state index in [1.54, 1.807) is 13.2 Å². The van der Waals surface area contributed by atoms with Crippen LogP contribution in [0.3, 0.4) is 0 Å². The zero-order chi connectivity index (χ0) is 11.5. The van der Waals surface area contributed by atoms with Crippen LogP contribution in [0.25, 0.3) is 0 Å². The van der Waals surface area contributed by atoms with E-state index in [9.17, 15) is 4.39 Å². The predicted molar refractivity (Wildman–Crippen MR) is 59.1 cm³/mol. The molecule has 1 aromatic rings. The Bertz CT molecular complexity index is 370. The Balaban J connectivity index is 2.26. The van der Waals surface area contributed by atoms with Crippen molar-refractivity contribution >= 4 is 0 Å². The van der Waals surface area contributed by atoms with Crippen LogP contribution in [0.5, 0.6) is 5.75 Å². The Morgan fingerprint density at radius 1 is 1.44 bits per heavy atom. The average Bonchev–Trinajstić information content (AvgIpc) is 2.29. The minimum absolute atomic E-state index is 0.00519. The van der Waals surface area contributed by atoms with Crippen molar-refractivity contribution < 1.29 is 13.9 Å². The molecule has 2 unspecified atom stereocenters. The zero-order valence-electron chi connectivity index (χ0n) is 9.50. The van der Waals surface area contributed by atoms with Gasteiger partial charge in [0.25, 0.3) is 0 Å². The number of halogens is 1. The maximum Gasteiger partial charge on any atom is 0.123 e. The summed E-state index contributed by atoms with van der Waals surface area (Å²) in [6.07, 6.45) is 0. The monoisotopic (exact) mass is 225 g/mol. The molecule has 1 saturated heterocycles. The largest absolute Gasteiger partial charge is 0.496 e. The average molecular weight is 225 g/mol. The third-order valence-corrected chi connectivity index (χ3v) is 2.71. The summed E-state index contributed by atoms with van der Waals surface area (Å²) in [5.74, 6) is 0.437. The smallest absolute Gasteiger partial charge is 0.123 e. The van der Waals surface area contributed by atoms with Crippen molar-refractivity contribution in [2.24, 2.45) is 0 Å². The molecular formula is C12H16FNO2. The molecule has 1 aliphatic rings. The van der Waals surface area contributed by atoms with Crippen molar-refractivity contribution in [3.05, 3.63) is 29.6 Å². The number of methoxy groups -OCH3 is 1. The minimum atomic E-state index is -0.254. The quantitative estimate of drug-likeness (QED) is 0.833. The summed E-state index contributed by atoms with van der Waals surface area (Å²) in [4.78, 5) is 0. The second kappa shape index (κ2) is 4.80. The number of ether oxygens (including phenoxy) is 2. The third-order valence-electron chi connectivity index (χ3n) is 2.71. The van der Waals surface area contributed by atoms with Crippen molar-refractivity contribution in [3.8, 4) is 5.75 Å². The molecule has 1 N–H and O–H groups in total. The predicted octanol–water partition coefficient (Wildman–Crippen LogP) is 1.88. The summed E-state index contributed by atoms with van der Waals surface area (Å²) >= 11 is 0. The fourth-order valence-electron chi connectivity index (χ4n) is 1.96. The summed E-state index contributed by atoms with van der Waals surface area (Å²) in [5.41, 5.74) is 0.814. The van der Waals surface area contributed by atoms with Crippen molar-refractivity contribution in [2.75, 3.05) is 20.3 Å². The van der Waals surface area contributed by atoms with Gasteiger partial charge in [0.1, 0.15) is 11.6 Å². The lowest BCUT2D eigenvalue weighted by Gasteiger charge is -2.30. The van der Waals surface area contributed by atoms with Gasteiger partial charge in [-0.15, -0.1) is 0 Å². The topological polar surface area (TPSA) is 30.5 Å². The molecule has 3 nitrogen and oxygen atoms in total. The van der Waals surface area contributed by atoms with Gasteiger partial charge in [0.15, 0.2) is 0 Å². The van der Waals surface area contributed by atoms with Crippen molar-refractivity contribution in [1.82, 2.24) is 5.32 Å². The maximum absolute atomic E-state index is 13.2. The number of hydrogen-bond donors (Lipinski definition) is 1. The molecule has 88 valence electrons. The molecule has 2 atom stereocenters. The first-order valence-corrected chi connectivity index (χ1v) is 5.38. The van der Waals surface area contributed by atoms with Crippen molar-refractivity contribution in [2.45, 2.75) is 19.0 Å². The molecule has 0 aliphatic carbocycles. The van der Waals surface area contributed by atoms with E-state index in [1.807, 2.05) is 6.92 Å². The molecular weight excluding hydrogens is 209 g/mol. The molecule has 0 amide bonds. The molecule has 1 aromatic carbocycles. The van der Waals surface area contributed by atoms with Gasteiger partial charge in [0, 0.05) is 11.6 Å². The fraction of sp³-hybridized carbons (Fsp3) is 0.500. The van der Waals surface area contributed by atoms with Gasteiger partial charge in [-0.25, -0.2) is 4.39 Å². The van der Waals surface area contributed by atoms with Crippen molar-refractivity contribution in [3.63, 3.8) is 0 Å².